The first-order chi connectivity index (χ1) is 8.69. The van der Waals surface area contributed by atoms with Crippen molar-refractivity contribution in [1.82, 2.24) is 0 Å². The van der Waals surface area contributed by atoms with E-state index in [2.05, 4.69) is 19.6 Å². The molecule has 2 rings (SSSR count). The molecule has 2 aliphatic rings. The molecule has 0 amide bonds. The average molecular weight is 284 g/mol. The summed E-state index contributed by atoms with van der Waals surface area (Å²) in [6.45, 7) is 11.5. The zero-order valence-electron chi connectivity index (χ0n) is 12.5. The van der Waals surface area contributed by atoms with E-state index in [0.29, 0.717) is 19.6 Å². The van der Waals surface area contributed by atoms with E-state index < -0.39 is 19.3 Å². The molecule has 0 aromatic heterocycles. The van der Waals surface area contributed by atoms with Gasteiger partial charge in [0.25, 0.3) is 0 Å². The molecule has 0 N–H and O–H groups in total. The molecule has 0 saturated heterocycles. The molecule has 1 fully saturated rings. The molecule has 1 saturated carbocycles. The van der Waals surface area contributed by atoms with Gasteiger partial charge in [0.2, 0.25) is 0 Å². The number of ketones is 1. The van der Waals surface area contributed by atoms with Crippen LogP contribution in [-0.2, 0) is 18.7 Å². The Kier molecular flexibility index (Phi) is 3.56. The lowest BCUT2D eigenvalue weighted by atomic mass is 9.61. The van der Waals surface area contributed by atoms with Crippen LogP contribution >= 0.6 is 0 Å². The van der Waals surface area contributed by atoms with Crippen LogP contribution in [0, 0.1) is 5.41 Å². The van der Waals surface area contributed by atoms with Crippen LogP contribution in [0.5, 0.6) is 0 Å². The average Bonchev–Trinajstić information content (AvgIpc) is 2.34. The highest BCUT2D eigenvalue weighted by Gasteiger charge is 2.61. The molecule has 1 unspecified atom stereocenters. The van der Waals surface area contributed by atoms with Gasteiger partial charge in [0.15, 0.2) is 14.1 Å². The number of hydrogen-bond donors (Lipinski definition) is 0. The van der Waals surface area contributed by atoms with Gasteiger partial charge >= 0.3 is 0 Å². The second-order valence-electron chi connectivity index (χ2n) is 6.79. The number of hydrogen-bond acceptors (Lipinski definition) is 4. The van der Waals surface area contributed by atoms with Crippen molar-refractivity contribution in [1.29, 1.82) is 0 Å². The van der Waals surface area contributed by atoms with E-state index in [0.717, 1.165) is 12.2 Å². The molecular formula is C14H24O4Si. The number of Topliss-reactive ketones (excluding diaryl/α,β-unsaturated/α-hetero) is 1. The maximum absolute atomic E-state index is 12.3. The minimum Gasteiger partial charge on any atom is -0.494 e. The zero-order chi connectivity index (χ0) is 14.3. The molecule has 1 aliphatic heterocycles. The van der Waals surface area contributed by atoms with Gasteiger partial charge in [-0.2, -0.15) is 0 Å². The van der Waals surface area contributed by atoms with Gasteiger partial charge < -0.3 is 13.9 Å². The molecular weight excluding hydrogens is 260 g/mol. The molecule has 0 bridgehead atoms. The van der Waals surface area contributed by atoms with Gasteiger partial charge in [-0.05, 0) is 39.9 Å². The highest BCUT2D eigenvalue weighted by atomic mass is 28.4. The van der Waals surface area contributed by atoms with Crippen LogP contribution in [0.25, 0.3) is 0 Å². The van der Waals surface area contributed by atoms with Gasteiger partial charge in [0.05, 0.1) is 5.41 Å². The van der Waals surface area contributed by atoms with Crippen molar-refractivity contribution < 1.29 is 18.7 Å². The smallest absolute Gasteiger partial charge is 0.185 e. The van der Waals surface area contributed by atoms with Crippen LogP contribution in [0.3, 0.4) is 0 Å². The Bertz CT molecular complexity index is 408. The van der Waals surface area contributed by atoms with Crippen molar-refractivity contribution in [3.05, 3.63) is 12.0 Å². The van der Waals surface area contributed by atoms with Crippen LogP contribution < -0.4 is 0 Å². The SMILES string of the molecule is CC(C)(C1=COCCO1)C1(O[Si](C)(C)C)CCC1=O. The number of rotatable bonds is 4. The summed E-state index contributed by atoms with van der Waals surface area (Å²) in [7, 11) is -1.82. The van der Waals surface area contributed by atoms with E-state index in [1.165, 1.54) is 0 Å². The van der Waals surface area contributed by atoms with Gasteiger partial charge in [0.1, 0.15) is 30.8 Å². The fourth-order valence-electron chi connectivity index (χ4n) is 2.77. The van der Waals surface area contributed by atoms with Crippen LogP contribution in [0.1, 0.15) is 26.7 Å². The topological polar surface area (TPSA) is 44.8 Å². The maximum atomic E-state index is 12.3. The van der Waals surface area contributed by atoms with Crippen molar-refractivity contribution >= 4 is 14.1 Å². The number of carbonyl (C=O) groups is 1. The Labute approximate surface area is 116 Å². The second-order valence-corrected chi connectivity index (χ2v) is 11.2. The van der Waals surface area contributed by atoms with E-state index in [1.54, 1.807) is 6.26 Å². The normalized spacial score (nSPS) is 28.1. The van der Waals surface area contributed by atoms with Crippen molar-refractivity contribution in [3.63, 3.8) is 0 Å². The van der Waals surface area contributed by atoms with E-state index in [-0.39, 0.29) is 5.78 Å². The van der Waals surface area contributed by atoms with Crippen molar-refractivity contribution in [2.24, 2.45) is 5.41 Å². The summed E-state index contributed by atoms with van der Waals surface area (Å²) in [4.78, 5) is 12.3. The van der Waals surface area contributed by atoms with Crippen molar-refractivity contribution in [2.75, 3.05) is 13.2 Å². The first kappa shape index (κ1) is 14.6. The van der Waals surface area contributed by atoms with Gasteiger partial charge in [-0.15, -0.1) is 0 Å². The maximum Gasteiger partial charge on any atom is 0.185 e. The van der Waals surface area contributed by atoms with E-state index in [4.69, 9.17) is 13.9 Å². The molecule has 0 spiro atoms. The summed E-state index contributed by atoms with van der Waals surface area (Å²) in [5, 5.41) is 0. The molecule has 19 heavy (non-hydrogen) atoms. The predicted molar refractivity (Wildman–Crippen MR) is 75.2 cm³/mol. The molecule has 4 nitrogen and oxygen atoms in total. The van der Waals surface area contributed by atoms with E-state index in [1.807, 2.05) is 13.8 Å². The first-order valence-electron chi connectivity index (χ1n) is 6.88. The Morgan fingerprint density at radius 1 is 1.32 bits per heavy atom. The third-order valence-electron chi connectivity index (χ3n) is 3.91. The summed E-state index contributed by atoms with van der Waals surface area (Å²) in [6.07, 6.45) is 3.01. The largest absolute Gasteiger partial charge is 0.494 e. The third-order valence-corrected chi connectivity index (χ3v) is 4.87. The Balaban J connectivity index is 2.33. The Morgan fingerprint density at radius 2 is 2.00 bits per heavy atom. The third kappa shape index (κ3) is 2.45. The standard InChI is InChI=1S/C14H24O4Si/c1-13(2,12-10-16-8-9-17-12)14(7-6-11(14)15)18-19(3,4)5/h10H,6-9H2,1-5H3. The van der Waals surface area contributed by atoms with Crippen molar-refractivity contribution in [2.45, 2.75) is 51.9 Å². The second kappa shape index (κ2) is 4.63. The number of carbonyl (C=O) groups excluding carboxylic acids is 1. The molecule has 1 heterocycles. The lowest BCUT2D eigenvalue weighted by Gasteiger charge is -2.53. The van der Waals surface area contributed by atoms with Crippen LogP contribution in [0.2, 0.25) is 19.6 Å². The minimum atomic E-state index is -1.82. The summed E-state index contributed by atoms with van der Waals surface area (Å²) < 4.78 is 17.4. The highest BCUT2D eigenvalue weighted by molar-refractivity contribution is 6.70. The zero-order valence-corrected chi connectivity index (χ0v) is 13.5. The first-order valence-corrected chi connectivity index (χ1v) is 10.3. The van der Waals surface area contributed by atoms with E-state index in [9.17, 15) is 4.79 Å². The van der Waals surface area contributed by atoms with Crippen LogP contribution in [0.4, 0.5) is 0 Å². The minimum absolute atomic E-state index is 0.190. The van der Waals surface area contributed by atoms with Crippen molar-refractivity contribution in [3.8, 4) is 0 Å². The Morgan fingerprint density at radius 3 is 2.37 bits per heavy atom. The quantitative estimate of drug-likeness (QED) is 0.745. The molecule has 108 valence electrons. The molecule has 5 heteroatoms. The summed E-state index contributed by atoms with van der Waals surface area (Å²) in [5.74, 6) is 0.917. The molecule has 1 aliphatic carbocycles. The predicted octanol–water partition coefficient (Wildman–Crippen LogP) is 2.85. The van der Waals surface area contributed by atoms with Gasteiger partial charge in [-0.25, -0.2) is 0 Å². The fourth-order valence-corrected chi connectivity index (χ4v) is 4.28. The molecule has 1 atom stereocenters. The number of ether oxygens (including phenoxy) is 2. The summed E-state index contributed by atoms with van der Waals surface area (Å²) >= 11 is 0. The Hall–Kier alpha value is -0.813. The monoisotopic (exact) mass is 284 g/mol. The summed E-state index contributed by atoms with van der Waals surface area (Å²) in [5.41, 5.74) is -1.22. The lowest BCUT2D eigenvalue weighted by molar-refractivity contribution is -0.166. The molecule has 0 radical (unpaired) electrons. The summed E-state index contributed by atoms with van der Waals surface area (Å²) in [6, 6.07) is 0. The van der Waals surface area contributed by atoms with E-state index >= 15 is 0 Å². The van der Waals surface area contributed by atoms with Gasteiger partial charge in [-0.1, -0.05) is 0 Å². The van der Waals surface area contributed by atoms with Crippen LogP contribution in [0.15, 0.2) is 12.0 Å². The highest BCUT2D eigenvalue weighted by Crippen LogP contribution is 2.52. The van der Waals surface area contributed by atoms with Crippen LogP contribution in [-0.4, -0.2) is 32.9 Å². The fraction of sp³-hybridized carbons (Fsp3) is 0.786. The molecule has 0 aromatic rings. The van der Waals surface area contributed by atoms with Gasteiger partial charge in [0, 0.05) is 6.42 Å². The molecule has 0 aromatic carbocycles. The van der Waals surface area contributed by atoms with Gasteiger partial charge in [-0.3, -0.25) is 4.79 Å². The lowest BCUT2D eigenvalue weighted by Crippen LogP contribution is -2.64.